The summed E-state index contributed by atoms with van der Waals surface area (Å²) in [7, 11) is 1.90. The van der Waals surface area contributed by atoms with Crippen molar-refractivity contribution in [1.29, 1.82) is 0 Å². The number of likely N-dealkylation sites (N-methyl/N-ethyl adjacent to an activating group) is 1. The van der Waals surface area contributed by atoms with Gasteiger partial charge >= 0.3 is 0 Å². The average molecular weight is 181 g/mol. The number of fused-ring (bicyclic) bond motifs is 1. The van der Waals surface area contributed by atoms with Crippen molar-refractivity contribution in [2.45, 2.75) is 12.7 Å². The Hall–Kier alpha value is -0.800. The summed E-state index contributed by atoms with van der Waals surface area (Å²) in [4.78, 5) is 0. The van der Waals surface area contributed by atoms with Crippen LogP contribution < -0.4 is 5.32 Å². The summed E-state index contributed by atoms with van der Waals surface area (Å²) >= 11 is 0. The molecule has 0 amide bonds. The maximum atomic E-state index is 5.66. The monoisotopic (exact) mass is 181 g/mol. The molecule has 72 valence electrons. The Bertz CT molecular complexity index is 235. The van der Waals surface area contributed by atoms with Crippen LogP contribution in [0, 0.1) is 5.92 Å². The second-order valence-corrected chi connectivity index (χ2v) is 3.37. The van der Waals surface area contributed by atoms with Gasteiger partial charge in [0.15, 0.2) is 0 Å². The smallest absolute Gasteiger partial charge is 0.211 e. The van der Waals surface area contributed by atoms with E-state index in [2.05, 4.69) is 11.4 Å². The summed E-state index contributed by atoms with van der Waals surface area (Å²) < 4.78 is 11.2. The molecule has 0 bridgehead atoms. The standard InChI is InChI=1S/C10H15NO2/c1-11-6-10-12-7-8-4-2-3-5-9(8)13-10/h2-3,5,8,10-11H,4,6-7H2,1H3. The normalized spacial score (nSPS) is 31.9. The van der Waals surface area contributed by atoms with Crippen LogP contribution in [0.5, 0.6) is 0 Å². The van der Waals surface area contributed by atoms with E-state index in [1.165, 1.54) is 0 Å². The molecule has 0 saturated carbocycles. The molecule has 2 rings (SSSR count). The van der Waals surface area contributed by atoms with E-state index in [4.69, 9.17) is 9.47 Å². The zero-order valence-electron chi connectivity index (χ0n) is 7.82. The zero-order chi connectivity index (χ0) is 9.10. The molecule has 1 heterocycles. The van der Waals surface area contributed by atoms with Crippen LogP contribution >= 0.6 is 0 Å². The van der Waals surface area contributed by atoms with Crippen LogP contribution in [0.1, 0.15) is 6.42 Å². The fourth-order valence-corrected chi connectivity index (χ4v) is 1.62. The molecule has 1 fully saturated rings. The Morgan fingerprint density at radius 1 is 1.62 bits per heavy atom. The number of allylic oxidation sites excluding steroid dienone is 3. The van der Waals surface area contributed by atoms with Crippen molar-refractivity contribution in [1.82, 2.24) is 5.32 Å². The highest BCUT2D eigenvalue weighted by Crippen LogP contribution is 2.27. The Labute approximate surface area is 78.4 Å². The highest BCUT2D eigenvalue weighted by molar-refractivity contribution is 5.17. The molecular weight excluding hydrogens is 166 g/mol. The van der Waals surface area contributed by atoms with Gasteiger partial charge in [-0.25, -0.2) is 0 Å². The Kier molecular flexibility index (Phi) is 2.66. The molecule has 3 nitrogen and oxygen atoms in total. The molecule has 0 radical (unpaired) electrons. The molecule has 1 saturated heterocycles. The predicted molar refractivity (Wildman–Crippen MR) is 50.1 cm³/mol. The Morgan fingerprint density at radius 3 is 3.38 bits per heavy atom. The first-order valence-corrected chi connectivity index (χ1v) is 4.69. The fourth-order valence-electron chi connectivity index (χ4n) is 1.62. The second-order valence-electron chi connectivity index (χ2n) is 3.37. The molecule has 0 aromatic carbocycles. The predicted octanol–water partition coefficient (Wildman–Crippen LogP) is 1.04. The lowest BCUT2D eigenvalue weighted by molar-refractivity contribution is -0.162. The van der Waals surface area contributed by atoms with Crippen molar-refractivity contribution in [2.24, 2.45) is 5.92 Å². The summed E-state index contributed by atoms with van der Waals surface area (Å²) in [6.07, 6.45) is 7.17. The second kappa shape index (κ2) is 3.94. The van der Waals surface area contributed by atoms with E-state index in [0.29, 0.717) is 5.92 Å². The third-order valence-electron chi connectivity index (χ3n) is 2.34. The van der Waals surface area contributed by atoms with Crippen molar-refractivity contribution in [3.63, 3.8) is 0 Å². The first-order valence-electron chi connectivity index (χ1n) is 4.69. The molecule has 0 aromatic heterocycles. The molecule has 1 aliphatic carbocycles. The van der Waals surface area contributed by atoms with Crippen LogP contribution in [0.3, 0.4) is 0 Å². The first kappa shape index (κ1) is 8.78. The first-order chi connectivity index (χ1) is 6.40. The van der Waals surface area contributed by atoms with E-state index < -0.39 is 0 Å². The lowest BCUT2D eigenvalue weighted by Crippen LogP contribution is -2.37. The molecular formula is C10H15NO2. The van der Waals surface area contributed by atoms with Crippen LogP contribution in [-0.4, -0.2) is 26.5 Å². The van der Waals surface area contributed by atoms with Gasteiger partial charge in [0.25, 0.3) is 0 Å². The zero-order valence-corrected chi connectivity index (χ0v) is 7.82. The molecule has 2 atom stereocenters. The molecule has 2 aliphatic rings. The minimum absolute atomic E-state index is 0.112. The van der Waals surface area contributed by atoms with E-state index in [1.807, 2.05) is 19.2 Å². The minimum atomic E-state index is -0.112. The molecule has 0 spiro atoms. The lowest BCUT2D eigenvalue weighted by atomic mass is 9.99. The van der Waals surface area contributed by atoms with Crippen molar-refractivity contribution in [3.05, 3.63) is 24.0 Å². The molecule has 2 unspecified atom stereocenters. The van der Waals surface area contributed by atoms with E-state index in [-0.39, 0.29) is 6.29 Å². The van der Waals surface area contributed by atoms with Crippen LogP contribution in [0.15, 0.2) is 24.0 Å². The maximum Gasteiger partial charge on any atom is 0.211 e. The SMILES string of the molecule is CNCC1OCC2CC=CC=C2O1. The van der Waals surface area contributed by atoms with Crippen molar-refractivity contribution in [3.8, 4) is 0 Å². The molecule has 13 heavy (non-hydrogen) atoms. The van der Waals surface area contributed by atoms with Gasteiger partial charge in [0.05, 0.1) is 13.2 Å². The summed E-state index contributed by atoms with van der Waals surface area (Å²) in [5.41, 5.74) is 0. The minimum Gasteiger partial charge on any atom is -0.468 e. The van der Waals surface area contributed by atoms with Crippen LogP contribution in [0.25, 0.3) is 0 Å². The molecule has 1 aliphatic heterocycles. The summed E-state index contributed by atoms with van der Waals surface area (Å²) in [6, 6.07) is 0. The van der Waals surface area contributed by atoms with Gasteiger partial charge in [-0.05, 0) is 19.5 Å². The van der Waals surface area contributed by atoms with Crippen LogP contribution in [0.2, 0.25) is 0 Å². The number of ether oxygens (including phenoxy) is 2. The molecule has 0 aromatic rings. The lowest BCUT2D eigenvalue weighted by Gasteiger charge is -2.32. The van der Waals surface area contributed by atoms with Gasteiger partial charge in [-0.15, -0.1) is 0 Å². The highest BCUT2D eigenvalue weighted by Gasteiger charge is 2.26. The van der Waals surface area contributed by atoms with E-state index in [1.54, 1.807) is 0 Å². The Morgan fingerprint density at radius 2 is 2.54 bits per heavy atom. The van der Waals surface area contributed by atoms with Gasteiger partial charge in [-0.3, -0.25) is 0 Å². The summed E-state index contributed by atoms with van der Waals surface area (Å²) in [5.74, 6) is 1.52. The quantitative estimate of drug-likeness (QED) is 0.690. The van der Waals surface area contributed by atoms with Gasteiger partial charge in [-0.1, -0.05) is 12.2 Å². The van der Waals surface area contributed by atoms with E-state index >= 15 is 0 Å². The van der Waals surface area contributed by atoms with Crippen LogP contribution in [0.4, 0.5) is 0 Å². The molecule has 3 heteroatoms. The Balaban J connectivity index is 1.97. The van der Waals surface area contributed by atoms with Crippen molar-refractivity contribution < 1.29 is 9.47 Å². The highest BCUT2D eigenvalue weighted by atomic mass is 16.7. The van der Waals surface area contributed by atoms with E-state index in [9.17, 15) is 0 Å². The van der Waals surface area contributed by atoms with Crippen molar-refractivity contribution in [2.75, 3.05) is 20.2 Å². The summed E-state index contributed by atoms with van der Waals surface area (Å²) in [5, 5.41) is 3.04. The topological polar surface area (TPSA) is 30.5 Å². The van der Waals surface area contributed by atoms with Gasteiger partial charge in [-0.2, -0.15) is 0 Å². The number of hydrogen-bond donors (Lipinski definition) is 1. The fraction of sp³-hybridized carbons (Fsp3) is 0.600. The largest absolute Gasteiger partial charge is 0.468 e. The number of hydrogen-bond acceptors (Lipinski definition) is 3. The van der Waals surface area contributed by atoms with Gasteiger partial charge in [0.2, 0.25) is 6.29 Å². The molecule has 1 N–H and O–H groups in total. The van der Waals surface area contributed by atoms with Crippen molar-refractivity contribution >= 4 is 0 Å². The average Bonchev–Trinajstić information content (AvgIpc) is 2.18. The summed E-state index contributed by atoms with van der Waals surface area (Å²) in [6.45, 7) is 1.52. The van der Waals surface area contributed by atoms with Gasteiger partial charge in [0.1, 0.15) is 5.76 Å². The van der Waals surface area contributed by atoms with Crippen LogP contribution in [-0.2, 0) is 9.47 Å². The number of nitrogens with one attached hydrogen (secondary N) is 1. The van der Waals surface area contributed by atoms with Gasteiger partial charge < -0.3 is 14.8 Å². The third kappa shape index (κ3) is 1.92. The van der Waals surface area contributed by atoms with Gasteiger partial charge in [0, 0.05) is 5.92 Å². The number of rotatable bonds is 2. The van der Waals surface area contributed by atoms with E-state index in [0.717, 1.165) is 25.3 Å². The maximum absolute atomic E-state index is 5.66. The third-order valence-corrected chi connectivity index (χ3v) is 2.34.